The van der Waals surface area contributed by atoms with Gasteiger partial charge in [-0.3, -0.25) is 19.1 Å². The maximum atomic E-state index is 14.2. The molecule has 2 heterocycles. The highest BCUT2D eigenvalue weighted by Gasteiger charge is 2.61. The molecule has 3 rings (SSSR count). The zero-order valence-corrected chi connectivity index (χ0v) is 25.5. The molecule has 214 valence electrons. The fourth-order valence-corrected chi connectivity index (χ4v) is 7.93. The van der Waals surface area contributed by atoms with E-state index in [1.165, 1.54) is 6.33 Å². The number of ketones is 1. The predicted molar refractivity (Wildman–Crippen MR) is 147 cm³/mol. The molecule has 12 nitrogen and oxygen atoms in total. The van der Waals surface area contributed by atoms with E-state index in [2.05, 4.69) is 15.0 Å². The molecule has 4 atom stereocenters. The molecule has 1 aliphatic rings. The third kappa shape index (κ3) is 5.55. The molecule has 2 aromatic heterocycles. The van der Waals surface area contributed by atoms with E-state index in [-0.39, 0.29) is 48.4 Å². The Kier molecular flexibility index (Phi) is 8.82. The summed E-state index contributed by atoms with van der Waals surface area (Å²) in [5, 5.41) is -0.491. The lowest BCUT2D eigenvalue weighted by Gasteiger charge is -2.46. The van der Waals surface area contributed by atoms with E-state index in [1.54, 1.807) is 18.4 Å². The highest BCUT2D eigenvalue weighted by atomic mass is 31.2. The van der Waals surface area contributed by atoms with Crippen LogP contribution in [0.15, 0.2) is 11.1 Å². The minimum Gasteiger partial charge on any atom is -0.432 e. The molecule has 0 spiro atoms. The lowest BCUT2D eigenvalue weighted by atomic mass is 9.69. The van der Waals surface area contributed by atoms with Crippen molar-refractivity contribution in [3.8, 4) is 0 Å². The fraction of sp³-hybridized carbons (Fsp3) is 0.750. The standard InChI is InChI=1S/C24H42N5O7PSi/c1-9-15-18(34-14-37(32,35-10-2)36-11-3)17(30)19(24(15,6)12-23(4,5)38(7,8)33)29-13-26-16-20(29)27-22(25)28-21(16)31/h13,15,18-19,33H,9-12,14H2,1-8H3,(H3,25,27,28,31)/t15-,18-,19-,24-/m1/s1. The Hall–Kier alpha value is -1.89. The Balaban J connectivity index is 2.16. The van der Waals surface area contributed by atoms with Gasteiger partial charge in [-0.1, -0.05) is 27.7 Å². The molecular weight excluding hydrogens is 529 g/mol. The summed E-state index contributed by atoms with van der Waals surface area (Å²) in [6.45, 7) is 15.5. The molecule has 0 bridgehead atoms. The zero-order chi connectivity index (χ0) is 28.7. The molecule has 1 fully saturated rings. The van der Waals surface area contributed by atoms with Gasteiger partial charge in [0.25, 0.3) is 5.56 Å². The van der Waals surface area contributed by atoms with Gasteiger partial charge < -0.3 is 28.9 Å². The van der Waals surface area contributed by atoms with Gasteiger partial charge in [-0.05, 0) is 50.7 Å². The number of rotatable bonds is 12. The van der Waals surface area contributed by atoms with Gasteiger partial charge in [0, 0.05) is 5.41 Å². The van der Waals surface area contributed by atoms with Crippen molar-refractivity contribution >= 4 is 38.8 Å². The first-order valence-electron chi connectivity index (χ1n) is 13.0. The van der Waals surface area contributed by atoms with Crippen LogP contribution in [0.2, 0.25) is 18.1 Å². The highest BCUT2D eigenvalue weighted by Crippen LogP contribution is 2.60. The number of anilines is 1. The van der Waals surface area contributed by atoms with Crippen LogP contribution in [0.25, 0.3) is 11.2 Å². The highest BCUT2D eigenvalue weighted by molar-refractivity contribution is 7.53. The van der Waals surface area contributed by atoms with Crippen LogP contribution < -0.4 is 11.3 Å². The van der Waals surface area contributed by atoms with Crippen molar-refractivity contribution < 1.29 is 27.9 Å². The van der Waals surface area contributed by atoms with Gasteiger partial charge in [0.1, 0.15) is 18.5 Å². The number of Topliss-reactive ketones (excluding diaryl/α,β-unsaturated/α-hetero) is 1. The Bertz CT molecular complexity index is 1260. The smallest absolute Gasteiger partial charge is 0.356 e. The predicted octanol–water partition coefficient (Wildman–Crippen LogP) is 3.83. The summed E-state index contributed by atoms with van der Waals surface area (Å²) in [6.07, 6.45) is 1.19. The van der Waals surface area contributed by atoms with Crippen molar-refractivity contribution in [2.75, 3.05) is 25.3 Å². The van der Waals surface area contributed by atoms with Crippen LogP contribution in [0.5, 0.6) is 0 Å². The average Bonchev–Trinajstić information content (AvgIpc) is 3.27. The summed E-state index contributed by atoms with van der Waals surface area (Å²) in [4.78, 5) is 48.9. The second kappa shape index (κ2) is 10.9. The maximum absolute atomic E-state index is 14.2. The van der Waals surface area contributed by atoms with Gasteiger partial charge in [0.2, 0.25) is 5.95 Å². The van der Waals surface area contributed by atoms with Gasteiger partial charge in [0.05, 0.1) is 19.5 Å². The van der Waals surface area contributed by atoms with Gasteiger partial charge >= 0.3 is 7.60 Å². The van der Waals surface area contributed by atoms with Crippen LogP contribution in [0.1, 0.15) is 60.4 Å². The zero-order valence-electron chi connectivity index (χ0n) is 23.6. The Labute approximate surface area is 224 Å². The molecule has 0 radical (unpaired) electrons. The maximum Gasteiger partial charge on any atom is 0.356 e. The first-order valence-corrected chi connectivity index (χ1v) is 17.7. The Morgan fingerprint density at radius 2 is 1.84 bits per heavy atom. The van der Waals surface area contributed by atoms with Crippen molar-refractivity contribution in [3.05, 3.63) is 16.7 Å². The number of carbonyl (C=O) groups excluding carboxylic acids is 1. The number of H-pyrrole nitrogens is 1. The molecule has 0 amide bonds. The normalized spacial score (nSPS) is 25.0. The monoisotopic (exact) mass is 571 g/mol. The molecular formula is C24H42N5O7PSi. The largest absolute Gasteiger partial charge is 0.432 e. The van der Waals surface area contributed by atoms with Crippen LogP contribution in [0.4, 0.5) is 5.95 Å². The summed E-state index contributed by atoms with van der Waals surface area (Å²) in [5.74, 6) is -0.661. The van der Waals surface area contributed by atoms with E-state index in [9.17, 15) is 18.9 Å². The third-order valence-corrected chi connectivity index (χ3v) is 13.4. The molecule has 0 aromatic carbocycles. The van der Waals surface area contributed by atoms with Gasteiger partial charge in [-0.15, -0.1) is 0 Å². The van der Waals surface area contributed by atoms with Crippen molar-refractivity contribution in [2.45, 2.75) is 84.7 Å². The summed E-state index contributed by atoms with van der Waals surface area (Å²) in [5.41, 5.74) is 4.85. The third-order valence-electron chi connectivity index (χ3n) is 8.10. The number of nitrogens with zero attached hydrogens (tertiary/aromatic N) is 3. The number of hydrogen-bond acceptors (Lipinski definition) is 10. The van der Waals surface area contributed by atoms with Gasteiger partial charge in [-0.25, -0.2) is 4.98 Å². The van der Waals surface area contributed by atoms with Gasteiger partial charge in [0.15, 0.2) is 25.3 Å². The molecule has 0 aliphatic heterocycles. The van der Waals surface area contributed by atoms with Crippen molar-refractivity contribution in [3.63, 3.8) is 0 Å². The van der Waals surface area contributed by atoms with Gasteiger partial charge in [-0.2, -0.15) is 4.98 Å². The number of ether oxygens (including phenoxy) is 1. The number of nitrogens with one attached hydrogen (secondary N) is 1. The topological polar surface area (TPSA) is 172 Å². The van der Waals surface area contributed by atoms with E-state index in [0.717, 1.165) is 0 Å². The quantitative estimate of drug-likeness (QED) is 0.251. The van der Waals surface area contributed by atoms with Crippen molar-refractivity contribution in [1.29, 1.82) is 0 Å². The minimum atomic E-state index is -3.58. The van der Waals surface area contributed by atoms with E-state index in [0.29, 0.717) is 12.8 Å². The van der Waals surface area contributed by atoms with Crippen LogP contribution in [0, 0.1) is 11.3 Å². The average molecular weight is 572 g/mol. The molecule has 0 saturated heterocycles. The van der Waals surface area contributed by atoms with Crippen LogP contribution in [-0.2, 0) is 23.1 Å². The van der Waals surface area contributed by atoms with E-state index >= 15 is 0 Å². The number of nitrogens with two attached hydrogens (primary N) is 1. The second-order valence-corrected chi connectivity index (χ2v) is 17.9. The number of aromatic nitrogens is 4. The lowest BCUT2D eigenvalue weighted by molar-refractivity contribution is -0.130. The lowest BCUT2D eigenvalue weighted by Crippen LogP contribution is -2.45. The molecule has 14 heteroatoms. The van der Waals surface area contributed by atoms with E-state index in [1.807, 2.05) is 40.8 Å². The SMILES string of the molecule is CCOP(=O)(CO[C@H]1C(=O)[C@@H](n2cnc3c(=O)[nH]c(N)nc32)[C@](C)(CC(C)(C)[Si](C)(C)O)[C@@H]1CC)OCC. The molecule has 2 aromatic rings. The van der Waals surface area contributed by atoms with Crippen LogP contribution >= 0.6 is 7.60 Å². The Morgan fingerprint density at radius 3 is 2.37 bits per heavy atom. The first-order chi connectivity index (χ1) is 17.5. The van der Waals surface area contributed by atoms with Crippen LogP contribution in [-0.4, -0.2) is 64.1 Å². The molecule has 38 heavy (non-hydrogen) atoms. The Morgan fingerprint density at radius 1 is 1.24 bits per heavy atom. The fourth-order valence-electron chi connectivity index (χ4n) is 5.77. The number of nitrogen functional groups attached to an aromatic ring is 1. The van der Waals surface area contributed by atoms with E-state index < -0.39 is 44.1 Å². The van der Waals surface area contributed by atoms with Crippen molar-refractivity contribution in [1.82, 2.24) is 19.5 Å². The minimum absolute atomic E-state index is 0.0695. The number of hydrogen-bond donors (Lipinski definition) is 3. The summed E-state index contributed by atoms with van der Waals surface area (Å²) >= 11 is 0. The van der Waals surface area contributed by atoms with E-state index in [4.69, 9.17) is 19.5 Å². The number of aromatic amines is 1. The van der Waals surface area contributed by atoms with Crippen LogP contribution in [0.3, 0.4) is 0 Å². The molecule has 1 saturated carbocycles. The molecule has 0 unspecified atom stereocenters. The second-order valence-electron chi connectivity index (χ2n) is 11.4. The summed E-state index contributed by atoms with van der Waals surface area (Å²) < 4.78 is 31.7. The van der Waals surface area contributed by atoms with Crippen molar-refractivity contribution in [2.24, 2.45) is 11.3 Å². The summed E-state index contributed by atoms with van der Waals surface area (Å²) in [7, 11) is -6.27. The number of fused-ring (bicyclic) bond motifs is 1. The molecule has 1 aliphatic carbocycles. The number of imidazole rings is 1. The number of carbonyl (C=O) groups is 1. The summed E-state index contributed by atoms with van der Waals surface area (Å²) in [6, 6.07) is -0.828. The molecule has 4 N–H and O–H groups in total. The first kappa shape index (κ1) is 30.6.